The Morgan fingerprint density at radius 3 is 0.952 bits per heavy atom. The molecule has 6 aromatic heterocycles. The van der Waals surface area contributed by atoms with Gasteiger partial charge in [0.05, 0.1) is 16.1 Å². The van der Waals surface area contributed by atoms with Crippen molar-refractivity contribution in [2.24, 2.45) is 0 Å². The van der Waals surface area contributed by atoms with Crippen LogP contribution in [-0.4, -0.2) is 16.1 Å². The monoisotopic (exact) mass is 694 g/mol. The first kappa shape index (κ1) is 30.7. The van der Waals surface area contributed by atoms with E-state index in [1.54, 1.807) is 9.00 Å². The molecule has 0 radical (unpaired) electrons. The van der Waals surface area contributed by atoms with Gasteiger partial charge in [-0.3, -0.25) is 0 Å². The molecule has 0 aromatic carbocycles. The largest absolute Gasteiger partial charge is 0.144 e. The molecular weight excluding hydrogens is 657 g/mol. The average Bonchev–Trinajstić information content (AvgIpc) is 3.71. The van der Waals surface area contributed by atoms with Crippen molar-refractivity contribution in [1.82, 2.24) is 0 Å². The van der Waals surface area contributed by atoms with Gasteiger partial charge in [-0.25, -0.2) is 0 Å². The Kier molecular flexibility index (Phi) is 8.18. The zero-order chi connectivity index (χ0) is 30.1. The minimum Gasteiger partial charge on any atom is -0.144 e. The fourth-order valence-corrected chi connectivity index (χ4v) is 16.3. The van der Waals surface area contributed by atoms with Gasteiger partial charge in [0.15, 0.2) is 0 Å². The van der Waals surface area contributed by atoms with Crippen LogP contribution in [0.3, 0.4) is 0 Å². The van der Waals surface area contributed by atoms with Gasteiger partial charge in [-0.1, -0.05) is 51.4 Å². The minimum atomic E-state index is -1.29. The predicted octanol–water partition coefficient (Wildman–Crippen LogP) is 12.7. The number of rotatable bonds is 7. The lowest BCUT2D eigenvalue weighted by Crippen LogP contribution is -2.34. The molecule has 0 spiro atoms. The maximum Gasteiger partial charge on any atom is 0.0904 e. The van der Waals surface area contributed by atoms with Crippen LogP contribution < -0.4 is 9.00 Å². The van der Waals surface area contributed by atoms with E-state index in [0.717, 1.165) is 0 Å². The highest BCUT2D eigenvalue weighted by molar-refractivity contribution is 7.33. The van der Waals surface area contributed by atoms with Crippen molar-refractivity contribution in [1.29, 1.82) is 0 Å². The van der Waals surface area contributed by atoms with E-state index in [0.29, 0.717) is 0 Å². The summed E-state index contributed by atoms with van der Waals surface area (Å²) >= 11 is 11.9. The molecule has 218 valence electrons. The topological polar surface area (TPSA) is 0 Å². The summed E-state index contributed by atoms with van der Waals surface area (Å²) in [6.07, 6.45) is 0. The van der Waals surface area contributed by atoms with E-state index < -0.39 is 16.1 Å². The summed E-state index contributed by atoms with van der Waals surface area (Å²) in [5.74, 6) is 0. The fourth-order valence-electron chi connectivity index (χ4n) is 5.10. The van der Waals surface area contributed by atoms with Crippen molar-refractivity contribution in [2.45, 2.75) is 67.0 Å². The summed E-state index contributed by atoms with van der Waals surface area (Å²) in [4.78, 5) is 14.2. The zero-order valence-electron chi connectivity index (χ0n) is 26.1. The molecular formula is C34H38S6Si2. The highest BCUT2D eigenvalue weighted by Crippen LogP contribution is 2.49. The second kappa shape index (κ2) is 11.2. The van der Waals surface area contributed by atoms with Gasteiger partial charge in [-0.2, -0.15) is 0 Å². The van der Waals surface area contributed by atoms with E-state index in [1.807, 2.05) is 68.0 Å². The number of hydrogen-bond donors (Lipinski definition) is 0. The highest BCUT2D eigenvalue weighted by atomic mass is 32.1. The lowest BCUT2D eigenvalue weighted by atomic mass is 10.2. The van der Waals surface area contributed by atoms with Crippen LogP contribution in [0.2, 0.25) is 39.3 Å². The standard InChI is InChI=1S/C34H38S6Si2/c1-19-15-25(37-33(19)27-17-21(3)31(39-27)23-11-13-29(35-23)41(5,6)7)26-16-20(2)34(38-26)28-18-22(4)32(40-28)24-12-14-30(36-24)42(8,9)10/h11-18H,1-10H3. The first-order chi connectivity index (χ1) is 19.7. The van der Waals surface area contributed by atoms with E-state index in [-0.39, 0.29) is 0 Å². The zero-order valence-corrected chi connectivity index (χ0v) is 33.0. The van der Waals surface area contributed by atoms with Crippen LogP contribution in [0.1, 0.15) is 22.3 Å². The first-order valence-electron chi connectivity index (χ1n) is 14.3. The molecule has 6 heterocycles. The molecule has 0 fully saturated rings. The Morgan fingerprint density at radius 1 is 0.357 bits per heavy atom. The maximum atomic E-state index is 2.44. The SMILES string of the molecule is Cc1cc(-c2cc(C)c(-c3cc(C)c(-c4ccc([Si](C)(C)C)s4)s3)s2)sc1-c1cc(C)c(-c2ccc([Si](C)(C)C)s2)s1. The maximum absolute atomic E-state index is 2.44. The van der Waals surface area contributed by atoms with Crippen LogP contribution in [0.25, 0.3) is 48.8 Å². The lowest BCUT2D eigenvalue weighted by molar-refractivity contribution is 1.53. The van der Waals surface area contributed by atoms with Gasteiger partial charge in [-0.05, 0) is 95.3 Å². The third-order valence-corrected chi connectivity index (χ3v) is 22.7. The number of hydrogen-bond acceptors (Lipinski definition) is 6. The van der Waals surface area contributed by atoms with E-state index in [2.05, 4.69) is 116 Å². The van der Waals surface area contributed by atoms with Gasteiger partial charge >= 0.3 is 0 Å². The third-order valence-electron chi connectivity index (χ3n) is 7.50. The molecule has 0 saturated heterocycles. The molecule has 42 heavy (non-hydrogen) atoms. The normalized spacial score (nSPS) is 12.5. The summed E-state index contributed by atoms with van der Waals surface area (Å²) in [6.45, 7) is 23.8. The Hall–Kier alpha value is -1.37. The highest BCUT2D eigenvalue weighted by Gasteiger charge is 2.23. The Balaban J connectivity index is 1.30. The molecule has 0 N–H and O–H groups in total. The number of aryl methyl sites for hydroxylation is 4. The summed E-state index contributed by atoms with van der Waals surface area (Å²) in [5.41, 5.74) is 5.56. The van der Waals surface area contributed by atoms with Crippen LogP contribution in [0, 0.1) is 27.7 Å². The molecule has 0 amide bonds. The van der Waals surface area contributed by atoms with Crippen LogP contribution in [0.5, 0.6) is 0 Å². The first-order valence-corrected chi connectivity index (χ1v) is 26.2. The van der Waals surface area contributed by atoms with Crippen molar-refractivity contribution < 1.29 is 0 Å². The molecule has 0 bridgehead atoms. The summed E-state index contributed by atoms with van der Waals surface area (Å²) in [6, 6.07) is 19.1. The van der Waals surface area contributed by atoms with Crippen LogP contribution in [0.15, 0.2) is 48.5 Å². The Labute approximate surface area is 277 Å². The lowest BCUT2D eigenvalue weighted by Gasteiger charge is -2.12. The average molecular weight is 695 g/mol. The van der Waals surface area contributed by atoms with Gasteiger partial charge in [0, 0.05) is 48.8 Å². The summed E-state index contributed by atoms with van der Waals surface area (Å²) in [5, 5.41) is 0. The number of thiophene rings is 6. The second-order valence-electron chi connectivity index (χ2n) is 13.3. The fraction of sp³-hybridized carbons (Fsp3) is 0.294. The molecule has 0 nitrogen and oxygen atoms in total. The van der Waals surface area contributed by atoms with Crippen LogP contribution >= 0.6 is 68.0 Å². The molecule has 0 aliphatic heterocycles. The van der Waals surface area contributed by atoms with Gasteiger partial charge < -0.3 is 0 Å². The van der Waals surface area contributed by atoms with Gasteiger partial charge in [0.25, 0.3) is 0 Å². The van der Waals surface area contributed by atoms with E-state index in [1.165, 1.54) is 71.0 Å². The predicted molar refractivity (Wildman–Crippen MR) is 206 cm³/mol. The molecule has 0 atom stereocenters. The van der Waals surface area contributed by atoms with Crippen molar-refractivity contribution in [3.05, 3.63) is 70.8 Å². The quantitative estimate of drug-likeness (QED) is 0.146. The second-order valence-corrected chi connectivity index (χ2v) is 30.5. The van der Waals surface area contributed by atoms with Gasteiger partial charge in [0.1, 0.15) is 0 Å². The van der Waals surface area contributed by atoms with Crippen molar-refractivity contribution in [3.8, 4) is 48.8 Å². The van der Waals surface area contributed by atoms with Crippen molar-refractivity contribution in [2.75, 3.05) is 0 Å². The van der Waals surface area contributed by atoms with Crippen molar-refractivity contribution >= 4 is 93.2 Å². The Bertz CT molecular complexity index is 1760. The van der Waals surface area contributed by atoms with E-state index in [4.69, 9.17) is 0 Å². The summed E-state index contributed by atoms with van der Waals surface area (Å²) < 4.78 is 3.18. The van der Waals surface area contributed by atoms with Crippen LogP contribution in [-0.2, 0) is 0 Å². The van der Waals surface area contributed by atoms with Gasteiger partial charge in [0.2, 0.25) is 0 Å². The smallest absolute Gasteiger partial charge is 0.0904 e. The molecule has 0 aliphatic rings. The third kappa shape index (κ3) is 5.86. The molecule has 0 aliphatic carbocycles. The van der Waals surface area contributed by atoms with Crippen LogP contribution in [0.4, 0.5) is 0 Å². The van der Waals surface area contributed by atoms with E-state index in [9.17, 15) is 0 Å². The molecule has 6 aromatic rings. The molecule has 8 heteroatoms. The Morgan fingerprint density at radius 2 is 0.643 bits per heavy atom. The molecule has 0 saturated carbocycles. The molecule has 0 unspecified atom stereocenters. The van der Waals surface area contributed by atoms with Gasteiger partial charge in [-0.15, -0.1) is 68.0 Å². The summed E-state index contributed by atoms with van der Waals surface area (Å²) in [7, 11) is -2.57. The molecule has 6 rings (SSSR count). The van der Waals surface area contributed by atoms with Crippen molar-refractivity contribution in [3.63, 3.8) is 0 Å². The van der Waals surface area contributed by atoms with E-state index >= 15 is 0 Å². The minimum absolute atomic E-state index is 1.29.